The summed E-state index contributed by atoms with van der Waals surface area (Å²) in [7, 11) is 1.57. The van der Waals surface area contributed by atoms with Crippen LogP contribution in [0.4, 0.5) is 0 Å². The number of rotatable bonds is 10. The molecule has 8 heteroatoms. The van der Waals surface area contributed by atoms with Crippen molar-refractivity contribution in [3.63, 3.8) is 0 Å². The van der Waals surface area contributed by atoms with Crippen LogP contribution in [0, 0.1) is 0 Å². The van der Waals surface area contributed by atoms with Crippen LogP contribution in [-0.2, 0) is 0 Å². The molecule has 0 saturated heterocycles. The molecule has 0 aliphatic carbocycles. The van der Waals surface area contributed by atoms with Gasteiger partial charge in [-0.2, -0.15) is 5.10 Å². The Bertz CT molecular complexity index is 1010. The molecule has 2 aromatic carbocycles. The molecular formula is C23H22ClN3O4. The minimum absolute atomic E-state index is 0.314. The van der Waals surface area contributed by atoms with Crippen LogP contribution in [0.2, 0.25) is 5.02 Å². The minimum atomic E-state index is -0.314. The van der Waals surface area contributed by atoms with Gasteiger partial charge >= 0.3 is 0 Å². The lowest BCUT2D eigenvalue weighted by Gasteiger charge is -2.12. The summed E-state index contributed by atoms with van der Waals surface area (Å²) in [6, 6.07) is 15.8. The van der Waals surface area contributed by atoms with Gasteiger partial charge in [-0.05, 0) is 60.2 Å². The third kappa shape index (κ3) is 7.01. The van der Waals surface area contributed by atoms with Gasteiger partial charge < -0.3 is 14.2 Å². The summed E-state index contributed by atoms with van der Waals surface area (Å²) in [5.41, 5.74) is 3.71. The van der Waals surface area contributed by atoms with E-state index in [1.807, 2.05) is 18.2 Å². The third-order valence-electron chi connectivity index (χ3n) is 4.14. The van der Waals surface area contributed by atoms with Crippen molar-refractivity contribution in [2.24, 2.45) is 5.10 Å². The van der Waals surface area contributed by atoms with Crippen molar-refractivity contribution in [3.8, 4) is 17.2 Å². The molecule has 0 radical (unpaired) electrons. The van der Waals surface area contributed by atoms with Gasteiger partial charge in [0.25, 0.3) is 5.91 Å². The number of carbonyl (C=O) groups excluding carboxylic acids is 1. The van der Waals surface area contributed by atoms with E-state index in [9.17, 15) is 4.79 Å². The number of nitrogens with zero attached hydrogens (tertiary/aromatic N) is 2. The van der Waals surface area contributed by atoms with Crippen molar-refractivity contribution >= 4 is 23.7 Å². The van der Waals surface area contributed by atoms with E-state index in [2.05, 4.69) is 15.5 Å². The summed E-state index contributed by atoms with van der Waals surface area (Å²) in [5, 5.41) is 4.65. The minimum Gasteiger partial charge on any atom is -0.493 e. The molecule has 31 heavy (non-hydrogen) atoms. The smallest absolute Gasteiger partial charge is 0.271 e. The molecule has 3 rings (SSSR count). The first-order valence-corrected chi connectivity index (χ1v) is 9.96. The number of nitrogens with one attached hydrogen (secondary N) is 1. The number of hydrogen-bond acceptors (Lipinski definition) is 6. The number of ether oxygens (including phenoxy) is 3. The zero-order chi connectivity index (χ0) is 21.9. The number of methoxy groups -OCH3 is 1. The highest BCUT2D eigenvalue weighted by Gasteiger charge is 2.06. The second-order valence-corrected chi connectivity index (χ2v) is 6.79. The first-order chi connectivity index (χ1) is 15.2. The summed E-state index contributed by atoms with van der Waals surface area (Å²) < 4.78 is 16.8. The van der Waals surface area contributed by atoms with Gasteiger partial charge in [0.1, 0.15) is 5.75 Å². The Morgan fingerprint density at radius 3 is 2.52 bits per heavy atom. The molecule has 7 nitrogen and oxygen atoms in total. The van der Waals surface area contributed by atoms with E-state index in [1.165, 1.54) is 6.21 Å². The maximum Gasteiger partial charge on any atom is 0.271 e. The monoisotopic (exact) mass is 439 g/mol. The van der Waals surface area contributed by atoms with Crippen LogP contribution in [0.1, 0.15) is 22.3 Å². The lowest BCUT2D eigenvalue weighted by Crippen LogP contribution is -2.17. The van der Waals surface area contributed by atoms with E-state index in [0.717, 1.165) is 11.3 Å². The molecule has 1 N–H and O–H groups in total. The number of amides is 1. The number of carbonyl (C=O) groups is 1. The molecule has 3 aromatic rings. The Morgan fingerprint density at radius 1 is 1.03 bits per heavy atom. The van der Waals surface area contributed by atoms with Crippen molar-refractivity contribution in [1.82, 2.24) is 10.4 Å². The van der Waals surface area contributed by atoms with Crippen LogP contribution in [0.15, 0.2) is 72.1 Å². The molecule has 160 valence electrons. The maximum absolute atomic E-state index is 12.0. The van der Waals surface area contributed by atoms with E-state index in [0.29, 0.717) is 41.7 Å². The molecule has 0 aliphatic heterocycles. The number of pyridine rings is 1. The van der Waals surface area contributed by atoms with Gasteiger partial charge in [-0.25, -0.2) is 5.43 Å². The van der Waals surface area contributed by atoms with Crippen molar-refractivity contribution in [2.75, 3.05) is 20.3 Å². The second kappa shape index (κ2) is 11.6. The van der Waals surface area contributed by atoms with E-state index >= 15 is 0 Å². The zero-order valence-electron chi connectivity index (χ0n) is 17.0. The Kier molecular flexibility index (Phi) is 8.25. The van der Waals surface area contributed by atoms with Gasteiger partial charge in [-0.15, -0.1) is 0 Å². The summed E-state index contributed by atoms with van der Waals surface area (Å²) in [4.78, 5) is 15.9. The number of benzene rings is 2. The zero-order valence-corrected chi connectivity index (χ0v) is 17.7. The predicted octanol–water partition coefficient (Wildman–Crippen LogP) is 4.36. The highest BCUT2D eigenvalue weighted by atomic mass is 35.5. The summed E-state index contributed by atoms with van der Waals surface area (Å²) in [6.07, 6.45) is 5.33. The highest BCUT2D eigenvalue weighted by molar-refractivity contribution is 6.30. The lowest BCUT2D eigenvalue weighted by atomic mass is 10.2. The Balaban J connectivity index is 1.46. The van der Waals surface area contributed by atoms with Gasteiger partial charge in [-0.1, -0.05) is 11.6 Å². The fourth-order valence-corrected chi connectivity index (χ4v) is 2.70. The molecule has 1 aromatic heterocycles. The van der Waals surface area contributed by atoms with Crippen molar-refractivity contribution in [3.05, 3.63) is 83.1 Å². The highest BCUT2D eigenvalue weighted by Crippen LogP contribution is 2.27. The summed E-state index contributed by atoms with van der Waals surface area (Å²) in [6.45, 7) is 0.991. The molecule has 0 aliphatic rings. The van der Waals surface area contributed by atoms with Gasteiger partial charge in [-0.3, -0.25) is 9.78 Å². The van der Waals surface area contributed by atoms with Gasteiger partial charge in [0.15, 0.2) is 11.5 Å². The van der Waals surface area contributed by atoms with Crippen LogP contribution in [0.3, 0.4) is 0 Å². The Morgan fingerprint density at radius 2 is 1.77 bits per heavy atom. The van der Waals surface area contributed by atoms with Crippen molar-refractivity contribution in [2.45, 2.75) is 6.42 Å². The number of hydrogen-bond donors (Lipinski definition) is 1. The summed E-state index contributed by atoms with van der Waals surface area (Å²) >= 11 is 5.85. The topological polar surface area (TPSA) is 82.0 Å². The quantitative estimate of drug-likeness (QED) is 0.288. The molecule has 0 atom stereocenters. The fraction of sp³-hybridized carbons (Fsp3) is 0.174. The van der Waals surface area contributed by atoms with Crippen LogP contribution >= 0.6 is 11.6 Å². The number of hydrazone groups is 1. The average molecular weight is 440 g/mol. The maximum atomic E-state index is 12.0. The number of aromatic nitrogens is 1. The van der Waals surface area contributed by atoms with Crippen LogP contribution in [0.5, 0.6) is 17.2 Å². The van der Waals surface area contributed by atoms with Crippen molar-refractivity contribution < 1.29 is 19.0 Å². The average Bonchev–Trinajstić information content (AvgIpc) is 2.81. The first kappa shape index (κ1) is 22.1. The molecule has 0 fully saturated rings. The van der Waals surface area contributed by atoms with E-state index < -0.39 is 0 Å². The van der Waals surface area contributed by atoms with Crippen LogP contribution < -0.4 is 19.6 Å². The molecule has 0 spiro atoms. The normalized spacial score (nSPS) is 10.6. The van der Waals surface area contributed by atoms with Crippen LogP contribution in [-0.4, -0.2) is 37.4 Å². The molecular weight excluding hydrogens is 418 g/mol. The molecule has 1 amide bonds. The second-order valence-electron chi connectivity index (χ2n) is 6.35. The standard InChI is InChI=1S/C23H22ClN3O4/c1-29-22-15-17(16-26-27-23(28)18-9-11-25-12-10-18)3-8-21(22)31-14-2-13-30-20-6-4-19(24)5-7-20/h3-12,15-16H,2,13-14H2,1H3,(H,27,28)/b26-16-. The van der Waals surface area contributed by atoms with Crippen molar-refractivity contribution in [1.29, 1.82) is 0 Å². The number of halogens is 1. The molecule has 1 heterocycles. The first-order valence-electron chi connectivity index (χ1n) is 9.58. The molecule has 0 saturated carbocycles. The van der Waals surface area contributed by atoms with E-state index in [1.54, 1.807) is 55.9 Å². The summed E-state index contributed by atoms with van der Waals surface area (Å²) in [5.74, 6) is 1.64. The van der Waals surface area contributed by atoms with Gasteiger partial charge in [0.2, 0.25) is 0 Å². The fourth-order valence-electron chi connectivity index (χ4n) is 2.58. The largest absolute Gasteiger partial charge is 0.493 e. The molecule has 0 unspecified atom stereocenters. The van der Waals surface area contributed by atoms with E-state index in [4.69, 9.17) is 25.8 Å². The predicted molar refractivity (Wildman–Crippen MR) is 119 cm³/mol. The van der Waals surface area contributed by atoms with E-state index in [-0.39, 0.29) is 5.91 Å². The van der Waals surface area contributed by atoms with Gasteiger partial charge in [0, 0.05) is 29.4 Å². The molecule has 0 bridgehead atoms. The third-order valence-corrected chi connectivity index (χ3v) is 4.39. The van der Waals surface area contributed by atoms with Gasteiger partial charge in [0.05, 0.1) is 26.5 Å². The lowest BCUT2D eigenvalue weighted by molar-refractivity contribution is 0.0955. The Labute approximate surface area is 185 Å². The Hall–Kier alpha value is -3.58. The van der Waals surface area contributed by atoms with Crippen LogP contribution in [0.25, 0.3) is 0 Å². The SMILES string of the molecule is COc1cc(/C=N\NC(=O)c2ccncc2)ccc1OCCCOc1ccc(Cl)cc1.